The van der Waals surface area contributed by atoms with E-state index in [9.17, 15) is 4.79 Å². The molecule has 0 radical (unpaired) electrons. The molecule has 24 heavy (non-hydrogen) atoms. The Morgan fingerprint density at radius 1 is 1.04 bits per heavy atom. The van der Waals surface area contributed by atoms with Gasteiger partial charge in [-0.25, -0.2) is 4.98 Å². The van der Waals surface area contributed by atoms with Gasteiger partial charge in [0.1, 0.15) is 0 Å². The highest BCUT2D eigenvalue weighted by molar-refractivity contribution is 7.99. The number of hydrogen-bond acceptors (Lipinski definition) is 4. The molecule has 2 heterocycles. The van der Waals surface area contributed by atoms with Gasteiger partial charge in [0.25, 0.3) is 5.56 Å². The van der Waals surface area contributed by atoms with Gasteiger partial charge in [-0.3, -0.25) is 9.36 Å². The van der Waals surface area contributed by atoms with Crippen LogP contribution in [-0.2, 0) is 12.2 Å². The van der Waals surface area contributed by atoms with Crippen LogP contribution in [-0.4, -0.2) is 15.3 Å². The van der Waals surface area contributed by atoms with Gasteiger partial charge >= 0.3 is 0 Å². The van der Waals surface area contributed by atoms with Crippen molar-refractivity contribution in [3.8, 4) is 5.69 Å². The minimum Gasteiger partial charge on any atom is -0.268 e. The molecule has 0 saturated heterocycles. The Kier molecular flexibility index (Phi) is 4.45. The maximum Gasteiger partial charge on any atom is 0.272 e. The van der Waals surface area contributed by atoms with Crippen molar-refractivity contribution >= 4 is 23.5 Å². The number of aromatic nitrogens is 2. The standard InChI is InChI=1S/C19H16N2OS2/c22-18-17-16(11-12-23-17)20-19(21(18)15-9-5-2-6-10-15)24-13-14-7-3-1-4-8-14/h1-10H,11-13H2. The first kappa shape index (κ1) is 15.5. The molecule has 0 bridgehead atoms. The molecule has 1 aliphatic rings. The summed E-state index contributed by atoms with van der Waals surface area (Å²) in [6.07, 6.45) is 0.879. The highest BCUT2D eigenvalue weighted by Crippen LogP contribution is 2.30. The van der Waals surface area contributed by atoms with E-state index < -0.39 is 0 Å². The van der Waals surface area contributed by atoms with Crippen LogP contribution in [0.3, 0.4) is 0 Å². The van der Waals surface area contributed by atoms with Crippen molar-refractivity contribution in [1.29, 1.82) is 0 Å². The van der Waals surface area contributed by atoms with Crippen LogP contribution in [0.25, 0.3) is 5.69 Å². The second kappa shape index (κ2) is 6.87. The second-order valence-corrected chi connectivity index (χ2v) is 7.57. The van der Waals surface area contributed by atoms with Gasteiger partial charge in [-0.1, -0.05) is 60.3 Å². The minimum absolute atomic E-state index is 0.0595. The van der Waals surface area contributed by atoms with Crippen molar-refractivity contribution in [1.82, 2.24) is 9.55 Å². The third kappa shape index (κ3) is 3.01. The normalized spacial score (nSPS) is 13.0. The molecular formula is C19H16N2OS2. The van der Waals surface area contributed by atoms with Crippen molar-refractivity contribution in [3.05, 3.63) is 82.3 Å². The summed E-state index contributed by atoms with van der Waals surface area (Å²) in [5.74, 6) is 1.74. The second-order valence-electron chi connectivity index (χ2n) is 5.52. The molecule has 1 aromatic heterocycles. The van der Waals surface area contributed by atoms with E-state index in [1.165, 1.54) is 5.56 Å². The Labute approximate surface area is 149 Å². The molecular weight excluding hydrogens is 336 g/mol. The molecule has 0 unspecified atom stereocenters. The third-order valence-corrected chi connectivity index (χ3v) is 6.01. The van der Waals surface area contributed by atoms with Crippen LogP contribution in [0.5, 0.6) is 0 Å². The summed E-state index contributed by atoms with van der Waals surface area (Å²) in [5.41, 5.74) is 3.11. The number of hydrogen-bond donors (Lipinski definition) is 0. The summed E-state index contributed by atoms with van der Waals surface area (Å²) in [7, 11) is 0. The first-order valence-corrected chi connectivity index (χ1v) is 9.81. The molecule has 0 amide bonds. The Hall–Kier alpha value is -1.98. The summed E-state index contributed by atoms with van der Waals surface area (Å²) >= 11 is 3.24. The van der Waals surface area contributed by atoms with Gasteiger partial charge in [-0.15, -0.1) is 11.8 Å². The lowest BCUT2D eigenvalue weighted by molar-refractivity contribution is 0.739. The zero-order chi connectivity index (χ0) is 16.4. The Balaban J connectivity index is 1.77. The van der Waals surface area contributed by atoms with Crippen LogP contribution in [0.4, 0.5) is 0 Å². The van der Waals surface area contributed by atoms with Crippen molar-refractivity contribution in [2.75, 3.05) is 5.75 Å². The quantitative estimate of drug-likeness (QED) is 0.521. The maximum absolute atomic E-state index is 13.0. The molecule has 120 valence electrons. The monoisotopic (exact) mass is 352 g/mol. The summed E-state index contributed by atoms with van der Waals surface area (Å²) in [6.45, 7) is 0. The van der Waals surface area contributed by atoms with E-state index >= 15 is 0 Å². The van der Waals surface area contributed by atoms with Gasteiger partial charge in [0.15, 0.2) is 5.16 Å². The maximum atomic E-state index is 13.0. The lowest BCUT2D eigenvalue weighted by atomic mass is 10.2. The van der Waals surface area contributed by atoms with Crippen molar-refractivity contribution in [3.63, 3.8) is 0 Å². The summed E-state index contributed by atoms with van der Waals surface area (Å²) < 4.78 is 1.75. The van der Waals surface area contributed by atoms with Crippen LogP contribution >= 0.6 is 23.5 Å². The Bertz CT molecular complexity index is 908. The van der Waals surface area contributed by atoms with E-state index in [4.69, 9.17) is 4.98 Å². The largest absolute Gasteiger partial charge is 0.272 e. The third-order valence-electron chi connectivity index (χ3n) is 3.89. The van der Waals surface area contributed by atoms with Crippen molar-refractivity contribution < 1.29 is 0 Å². The highest BCUT2D eigenvalue weighted by Gasteiger charge is 2.22. The number of aryl methyl sites for hydroxylation is 1. The summed E-state index contributed by atoms with van der Waals surface area (Å²) in [4.78, 5) is 18.6. The van der Waals surface area contributed by atoms with E-state index in [2.05, 4.69) is 12.1 Å². The topological polar surface area (TPSA) is 34.9 Å². The van der Waals surface area contributed by atoms with Gasteiger partial charge in [-0.2, -0.15) is 0 Å². The molecule has 4 rings (SSSR count). The summed E-state index contributed by atoms with van der Waals surface area (Å²) in [6, 6.07) is 20.1. The van der Waals surface area contributed by atoms with Gasteiger partial charge in [-0.05, 0) is 17.7 Å². The van der Waals surface area contributed by atoms with E-state index in [0.29, 0.717) is 0 Å². The first-order chi connectivity index (χ1) is 11.8. The average molecular weight is 352 g/mol. The van der Waals surface area contributed by atoms with Crippen LogP contribution in [0.15, 0.2) is 75.5 Å². The lowest BCUT2D eigenvalue weighted by Gasteiger charge is -2.13. The molecule has 0 spiro atoms. The Morgan fingerprint density at radius 3 is 2.50 bits per heavy atom. The van der Waals surface area contributed by atoms with E-state index in [1.807, 2.05) is 48.5 Å². The predicted octanol–water partition coefficient (Wildman–Crippen LogP) is 4.17. The molecule has 3 aromatic rings. The first-order valence-electron chi connectivity index (χ1n) is 7.84. The van der Waals surface area contributed by atoms with Gasteiger partial charge in [0.05, 0.1) is 16.3 Å². The molecule has 2 aromatic carbocycles. The SMILES string of the molecule is O=c1c2c(nc(SCc3ccccc3)n1-c1ccccc1)CCS2. The number of para-hydroxylation sites is 1. The van der Waals surface area contributed by atoms with Gasteiger partial charge < -0.3 is 0 Å². The van der Waals surface area contributed by atoms with Crippen molar-refractivity contribution in [2.45, 2.75) is 22.2 Å². The zero-order valence-electron chi connectivity index (χ0n) is 13.0. The molecule has 5 heteroatoms. The molecule has 0 saturated carbocycles. The van der Waals surface area contributed by atoms with E-state index in [0.717, 1.165) is 39.4 Å². The lowest BCUT2D eigenvalue weighted by Crippen LogP contribution is -2.23. The summed E-state index contributed by atoms with van der Waals surface area (Å²) in [5, 5.41) is 0.774. The predicted molar refractivity (Wildman–Crippen MR) is 100 cm³/mol. The highest BCUT2D eigenvalue weighted by atomic mass is 32.2. The fraction of sp³-hybridized carbons (Fsp3) is 0.158. The molecule has 3 nitrogen and oxygen atoms in total. The van der Waals surface area contributed by atoms with E-state index in [1.54, 1.807) is 28.1 Å². The van der Waals surface area contributed by atoms with Gasteiger partial charge in [0.2, 0.25) is 0 Å². The number of rotatable bonds is 4. The van der Waals surface area contributed by atoms with Crippen LogP contribution in [0.1, 0.15) is 11.3 Å². The number of fused-ring (bicyclic) bond motifs is 1. The molecule has 0 aliphatic carbocycles. The van der Waals surface area contributed by atoms with Crippen molar-refractivity contribution in [2.24, 2.45) is 0 Å². The van der Waals surface area contributed by atoms with Crippen LogP contribution in [0, 0.1) is 0 Å². The molecule has 0 fully saturated rings. The molecule has 0 N–H and O–H groups in total. The van der Waals surface area contributed by atoms with Gasteiger partial charge in [0, 0.05) is 17.9 Å². The molecule has 0 atom stereocenters. The van der Waals surface area contributed by atoms with Crippen LogP contribution in [0.2, 0.25) is 0 Å². The molecule has 1 aliphatic heterocycles. The fourth-order valence-electron chi connectivity index (χ4n) is 2.72. The minimum atomic E-state index is 0.0595. The number of thioether (sulfide) groups is 2. The van der Waals surface area contributed by atoms with Crippen LogP contribution < -0.4 is 5.56 Å². The average Bonchev–Trinajstić information content (AvgIpc) is 3.10. The number of nitrogens with zero attached hydrogens (tertiary/aromatic N) is 2. The fourth-order valence-corrected chi connectivity index (χ4v) is 4.73. The number of benzene rings is 2. The smallest absolute Gasteiger partial charge is 0.268 e. The van der Waals surface area contributed by atoms with E-state index in [-0.39, 0.29) is 5.56 Å². The Morgan fingerprint density at radius 2 is 1.75 bits per heavy atom. The zero-order valence-corrected chi connectivity index (χ0v) is 14.6.